The Kier molecular flexibility index (Phi) is 8.22. The Balaban J connectivity index is 1.29. The van der Waals surface area contributed by atoms with Gasteiger partial charge >= 0.3 is 0 Å². The maximum Gasteiger partial charge on any atom is 0.265 e. The van der Waals surface area contributed by atoms with Crippen LogP contribution in [-0.4, -0.2) is 31.6 Å². The van der Waals surface area contributed by atoms with Gasteiger partial charge in [-0.15, -0.1) is 0 Å². The third-order valence-corrected chi connectivity index (χ3v) is 6.82. The maximum absolute atomic E-state index is 13.6. The maximum atomic E-state index is 13.6. The average Bonchev–Trinajstić information content (AvgIpc) is 2.98. The average molecular weight is 521 g/mol. The molecule has 1 aliphatic heterocycles. The Hall–Kier alpha value is -4.58. The zero-order chi connectivity index (χ0) is 27.0. The molecule has 0 fully saturated rings. The van der Waals surface area contributed by atoms with E-state index in [2.05, 4.69) is 24.4 Å². The fourth-order valence-corrected chi connectivity index (χ4v) is 4.76. The number of nitrogens with one attached hydrogen (secondary N) is 1. The summed E-state index contributed by atoms with van der Waals surface area (Å²) in [4.78, 5) is 28.1. The van der Waals surface area contributed by atoms with Crippen molar-refractivity contribution < 1.29 is 19.1 Å². The highest BCUT2D eigenvalue weighted by Gasteiger charge is 2.27. The molecule has 198 valence electrons. The van der Waals surface area contributed by atoms with Gasteiger partial charge in [0.1, 0.15) is 11.5 Å². The minimum atomic E-state index is -0.471. The molecule has 0 saturated carbocycles. The van der Waals surface area contributed by atoms with Crippen LogP contribution in [0.2, 0.25) is 0 Å². The van der Waals surface area contributed by atoms with Crippen molar-refractivity contribution in [2.45, 2.75) is 25.7 Å². The lowest BCUT2D eigenvalue weighted by atomic mass is 9.90. The molecule has 2 amide bonds. The lowest BCUT2D eigenvalue weighted by Crippen LogP contribution is -2.40. The summed E-state index contributed by atoms with van der Waals surface area (Å²) in [5.74, 6) is 0.693. The second kappa shape index (κ2) is 12.3. The molecule has 6 nitrogen and oxygen atoms in total. The predicted octanol–water partition coefficient (Wildman–Crippen LogP) is 6.21. The summed E-state index contributed by atoms with van der Waals surface area (Å²) < 4.78 is 11.6. The summed E-state index contributed by atoms with van der Waals surface area (Å²) in [6.07, 6.45) is 1.64. The lowest BCUT2D eigenvalue weighted by Gasteiger charge is -2.30. The minimum Gasteiger partial charge on any atom is -0.494 e. The van der Waals surface area contributed by atoms with E-state index in [0.717, 1.165) is 23.3 Å². The van der Waals surface area contributed by atoms with Crippen molar-refractivity contribution in [1.82, 2.24) is 0 Å². The van der Waals surface area contributed by atoms with Crippen LogP contribution in [0.1, 0.15) is 36.0 Å². The minimum absolute atomic E-state index is 0.0118. The summed E-state index contributed by atoms with van der Waals surface area (Å²) >= 11 is 0. The van der Waals surface area contributed by atoms with E-state index in [1.54, 1.807) is 17.0 Å². The molecule has 0 atom stereocenters. The Morgan fingerprint density at radius 1 is 0.923 bits per heavy atom. The van der Waals surface area contributed by atoms with Crippen LogP contribution >= 0.6 is 0 Å². The molecule has 1 heterocycles. The van der Waals surface area contributed by atoms with Gasteiger partial charge in [0.05, 0.1) is 18.2 Å². The number of hydrogen-bond acceptors (Lipinski definition) is 4. The SMILES string of the molecule is CCc1ccc(OCCCN2C(=O)COc3ccc(NC(=O)C(c4ccccc4)c4ccccc4)cc32)cc1. The first-order chi connectivity index (χ1) is 19.1. The van der Waals surface area contributed by atoms with E-state index < -0.39 is 5.92 Å². The molecule has 39 heavy (non-hydrogen) atoms. The summed E-state index contributed by atoms with van der Waals surface area (Å²) in [7, 11) is 0. The van der Waals surface area contributed by atoms with Crippen LogP contribution in [0.5, 0.6) is 11.5 Å². The van der Waals surface area contributed by atoms with Gasteiger partial charge in [0.15, 0.2) is 6.61 Å². The fraction of sp³-hybridized carbons (Fsp3) is 0.212. The van der Waals surface area contributed by atoms with Crippen molar-refractivity contribution >= 4 is 23.2 Å². The summed E-state index contributed by atoms with van der Waals surface area (Å²) in [5.41, 5.74) is 4.32. The van der Waals surface area contributed by atoms with Crippen molar-refractivity contribution in [2.24, 2.45) is 0 Å². The number of amides is 2. The number of rotatable bonds is 10. The monoisotopic (exact) mass is 520 g/mol. The molecule has 1 N–H and O–H groups in total. The number of fused-ring (bicyclic) bond motifs is 1. The van der Waals surface area contributed by atoms with Crippen molar-refractivity contribution in [3.63, 3.8) is 0 Å². The first kappa shape index (κ1) is 26.0. The van der Waals surface area contributed by atoms with Gasteiger partial charge in [0, 0.05) is 12.2 Å². The van der Waals surface area contributed by atoms with Gasteiger partial charge < -0.3 is 19.7 Å². The molecule has 0 bridgehead atoms. The third kappa shape index (κ3) is 6.29. The van der Waals surface area contributed by atoms with E-state index in [1.807, 2.05) is 78.9 Å². The molecule has 4 aromatic carbocycles. The molecule has 4 aromatic rings. The van der Waals surface area contributed by atoms with Gasteiger partial charge in [-0.2, -0.15) is 0 Å². The second-order valence-electron chi connectivity index (χ2n) is 9.46. The molecule has 1 aliphatic rings. The molecule has 0 aliphatic carbocycles. The van der Waals surface area contributed by atoms with E-state index in [9.17, 15) is 9.59 Å². The molecular formula is C33H32N2O4. The van der Waals surface area contributed by atoms with Crippen LogP contribution in [-0.2, 0) is 16.0 Å². The Morgan fingerprint density at radius 3 is 2.23 bits per heavy atom. The number of ether oxygens (including phenoxy) is 2. The molecule has 0 unspecified atom stereocenters. The van der Waals surface area contributed by atoms with Crippen LogP contribution in [0, 0.1) is 0 Å². The molecule has 5 rings (SSSR count). The quantitative estimate of drug-likeness (QED) is 0.252. The van der Waals surface area contributed by atoms with E-state index in [-0.39, 0.29) is 18.4 Å². The topological polar surface area (TPSA) is 67.9 Å². The number of nitrogens with zero attached hydrogens (tertiary/aromatic N) is 1. The first-order valence-electron chi connectivity index (χ1n) is 13.3. The van der Waals surface area contributed by atoms with Crippen molar-refractivity contribution in [1.29, 1.82) is 0 Å². The summed E-state index contributed by atoms with van der Waals surface area (Å²) in [6.45, 7) is 3.07. The summed E-state index contributed by atoms with van der Waals surface area (Å²) in [5, 5.41) is 3.07. The van der Waals surface area contributed by atoms with Gasteiger partial charge in [0.2, 0.25) is 5.91 Å². The lowest BCUT2D eigenvalue weighted by molar-refractivity contribution is -0.121. The van der Waals surface area contributed by atoms with Crippen molar-refractivity contribution in [2.75, 3.05) is 30.0 Å². The van der Waals surface area contributed by atoms with E-state index in [0.29, 0.717) is 36.7 Å². The molecule has 0 radical (unpaired) electrons. The highest BCUT2D eigenvalue weighted by atomic mass is 16.5. The van der Waals surface area contributed by atoms with Crippen LogP contribution in [0.4, 0.5) is 11.4 Å². The second-order valence-corrected chi connectivity index (χ2v) is 9.46. The van der Waals surface area contributed by atoms with Gasteiger partial charge in [-0.05, 0) is 59.9 Å². The first-order valence-corrected chi connectivity index (χ1v) is 13.3. The highest BCUT2D eigenvalue weighted by Crippen LogP contribution is 2.35. The van der Waals surface area contributed by atoms with Crippen LogP contribution < -0.4 is 19.7 Å². The van der Waals surface area contributed by atoms with Gasteiger partial charge in [-0.1, -0.05) is 79.7 Å². The van der Waals surface area contributed by atoms with Crippen molar-refractivity contribution in [3.8, 4) is 11.5 Å². The van der Waals surface area contributed by atoms with E-state index in [4.69, 9.17) is 9.47 Å². The van der Waals surface area contributed by atoms with Crippen LogP contribution in [0.25, 0.3) is 0 Å². The molecule has 0 saturated heterocycles. The van der Waals surface area contributed by atoms with E-state index >= 15 is 0 Å². The standard InChI is InChI=1S/C33H32N2O4/c1-2-24-14-17-28(18-15-24)38-21-9-20-35-29-22-27(16-19-30(29)39-23-31(35)36)34-33(37)32(25-10-5-3-6-11-25)26-12-7-4-8-13-26/h3-8,10-19,22,32H,2,9,20-21,23H2,1H3,(H,34,37). The van der Waals surface area contributed by atoms with Crippen LogP contribution in [0.15, 0.2) is 103 Å². The number of benzene rings is 4. The number of carbonyl (C=O) groups excluding carboxylic acids is 2. The van der Waals surface area contributed by atoms with Gasteiger partial charge in [-0.3, -0.25) is 9.59 Å². The molecule has 0 spiro atoms. The smallest absolute Gasteiger partial charge is 0.265 e. The Bertz CT molecular complexity index is 1370. The van der Waals surface area contributed by atoms with Crippen molar-refractivity contribution in [3.05, 3.63) is 120 Å². The fourth-order valence-electron chi connectivity index (χ4n) is 4.76. The molecule has 0 aromatic heterocycles. The Labute approximate surface area is 229 Å². The third-order valence-electron chi connectivity index (χ3n) is 6.82. The predicted molar refractivity (Wildman–Crippen MR) is 154 cm³/mol. The number of aryl methyl sites for hydroxylation is 1. The number of hydrogen-bond donors (Lipinski definition) is 1. The zero-order valence-corrected chi connectivity index (χ0v) is 22.0. The normalized spacial score (nSPS) is 12.6. The van der Waals surface area contributed by atoms with Crippen LogP contribution in [0.3, 0.4) is 0 Å². The van der Waals surface area contributed by atoms with Gasteiger partial charge in [-0.25, -0.2) is 0 Å². The van der Waals surface area contributed by atoms with Gasteiger partial charge in [0.25, 0.3) is 5.91 Å². The van der Waals surface area contributed by atoms with E-state index in [1.165, 1.54) is 5.56 Å². The number of carbonyl (C=O) groups is 2. The largest absolute Gasteiger partial charge is 0.494 e. The highest BCUT2D eigenvalue weighted by molar-refractivity contribution is 6.01. The zero-order valence-electron chi connectivity index (χ0n) is 22.0. The molecule has 6 heteroatoms. The molecular weight excluding hydrogens is 488 g/mol. The Morgan fingerprint density at radius 2 is 1.59 bits per heavy atom. The summed E-state index contributed by atoms with van der Waals surface area (Å²) in [6, 6.07) is 32.9. The number of anilines is 2.